The SMILES string of the molecule is O=C(O)c1cnc(Nc2cc(Cl)c(Cl)cc2Cl)cn1. The van der Waals surface area contributed by atoms with Crippen LogP contribution in [0.3, 0.4) is 0 Å². The van der Waals surface area contributed by atoms with E-state index in [-0.39, 0.29) is 5.69 Å². The molecular formula is C11H6Cl3N3O2. The maximum Gasteiger partial charge on any atom is 0.356 e. The first-order valence-corrected chi connectivity index (χ1v) is 6.07. The zero-order chi connectivity index (χ0) is 14.0. The van der Waals surface area contributed by atoms with Gasteiger partial charge in [0.25, 0.3) is 0 Å². The van der Waals surface area contributed by atoms with E-state index in [1.54, 1.807) is 6.07 Å². The van der Waals surface area contributed by atoms with Crippen LogP contribution in [0, 0.1) is 0 Å². The molecule has 0 saturated carbocycles. The average Bonchev–Trinajstić information content (AvgIpc) is 2.36. The molecule has 1 aromatic heterocycles. The third-order valence-electron chi connectivity index (χ3n) is 2.14. The fourth-order valence-corrected chi connectivity index (χ4v) is 1.85. The number of carboxylic acids is 1. The largest absolute Gasteiger partial charge is 0.476 e. The Bertz CT molecular complexity index is 632. The van der Waals surface area contributed by atoms with Gasteiger partial charge in [-0.2, -0.15) is 0 Å². The summed E-state index contributed by atoms with van der Waals surface area (Å²) in [5.74, 6) is -0.808. The molecule has 0 bridgehead atoms. The lowest BCUT2D eigenvalue weighted by atomic mass is 10.3. The summed E-state index contributed by atoms with van der Waals surface area (Å²) in [5.41, 5.74) is 0.347. The second kappa shape index (κ2) is 5.61. The first-order valence-electron chi connectivity index (χ1n) is 4.94. The van der Waals surface area contributed by atoms with E-state index in [2.05, 4.69) is 15.3 Å². The van der Waals surface area contributed by atoms with Crippen molar-refractivity contribution < 1.29 is 9.90 Å². The number of benzene rings is 1. The minimum Gasteiger partial charge on any atom is -0.476 e. The molecule has 98 valence electrons. The van der Waals surface area contributed by atoms with E-state index >= 15 is 0 Å². The summed E-state index contributed by atoms with van der Waals surface area (Å²) < 4.78 is 0. The predicted octanol–water partition coefficient (Wildman–Crippen LogP) is 3.88. The summed E-state index contributed by atoms with van der Waals surface area (Å²) in [6.45, 7) is 0. The Hall–Kier alpha value is -1.56. The van der Waals surface area contributed by atoms with Gasteiger partial charge in [0.2, 0.25) is 0 Å². The summed E-state index contributed by atoms with van der Waals surface area (Å²) in [6.07, 6.45) is 2.42. The normalized spacial score (nSPS) is 10.3. The molecule has 1 heterocycles. The Morgan fingerprint density at radius 2 is 1.74 bits per heavy atom. The van der Waals surface area contributed by atoms with Crippen LogP contribution in [0.15, 0.2) is 24.5 Å². The number of aromatic carboxylic acids is 1. The Morgan fingerprint density at radius 3 is 2.32 bits per heavy atom. The second-order valence-corrected chi connectivity index (χ2v) is 4.68. The monoisotopic (exact) mass is 317 g/mol. The lowest BCUT2D eigenvalue weighted by Gasteiger charge is -2.08. The summed E-state index contributed by atoms with van der Waals surface area (Å²) in [5, 5.41) is 12.6. The maximum atomic E-state index is 10.6. The number of rotatable bonds is 3. The third-order valence-corrected chi connectivity index (χ3v) is 3.18. The van der Waals surface area contributed by atoms with Crippen LogP contribution < -0.4 is 5.32 Å². The molecule has 0 aliphatic heterocycles. The number of hydrogen-bond acceptors (Lipinski definition) is 4. The fourth-order valence-electron chi connectivity index (χ4n) is 1.26. The van der Waals surface area contributed by atoms with Crippen LogP contribution in [0.25, 0.3) is 0 Å². The molecule has 0 spiro atoms. The van der Waals surface area contributed by atoms with Gasteiger partial charge >= 0.3 is 5.97 Å². The number of halogens is 3. The molecule has 0 fully saturated rings. The zero-order valence-corrected chi connectivity index (χ0v) is 11.5. The van der Waals surface area contributed by atoms with Crippen LogP contribution in [0.1, 0.15) is 10.5 Å². The van der Waals surface area contributed by atoms with Crippen molar-refractivity contribution in [2.45, 2.75) is 0 Å². The van der Waals surface area contributed by atoms with Gasteiger partial charge in [-0.3, -0.25) is 0 Å². The van der Waals surface area contributed by atoms with Crippen LogP contribution in [-0.4, -0.2) is 21.0 Å². The van der Waals surface area contributed by atoms with Crippen molar-refractivity contribution >= 4 is 52.3 Å². The molecule has 8 heteroatoms. The average molecular weight is 319 g/mol. The Balaban J connectivity index is 2.26. The molecule has 0 unspecified atom stereocenters. The van der Waals surface area contributed by atoms with E-state index in [1.807, 2.05) is 0 Å². The van der Waals surface area contributed by atoms with E-state index in [0.717, 1.165) is 6.20 Å². The molecule has 19 heavy (non-hydrogen) atoms. The first-order chi connectivity index (χ1) is 8.97. The highest BCUT2D eigenvalue weighted by Crippen LogP contribution is 2.33. The van der Waals surface area contributed by atoms with Gasteiger partial charge in [-0.1, -0.05) is 34.8 Å². The summed E-state index contributed by atoms with van der Waals surface area (Å²) in [7, 11) is 0. The molecule has 2 N–H and O–H groups in total. The summed E-state index contributed by atoms with van der Waals surface area (Å²) in [6, 6.07) is 3.03. The van der Waals surface area contributed by atoms with E-state index < -0.39 is 5.97 Å². The molecule has 0 aliphatic carbocycles. The molecule has 2 aromatic rings. The minimum atomic E-state index is -1.15. The molecule has 0 saturated heterocycles. The van der Waals surface area contributed by atoms with E-state index in [1.165, 1.54) is 12.3 Å². The molecule has 2 rings (SSSR count). The zero-order valence-electron chi connectivity index (χ0n) is 9.19. The quantitative estimate of drug-likeness (QED) is 0.840. The van der Waals surface area contributed by atoms with Gasteiger partial charge in [-0.25, -0.2) is 14.8 Å². The van der Waals surface area contributed by atoms with Crippen molar-refractivity contribution in [1.82, 2.24) is 9.97 Å². The first kappa shape index (κ1) is 13.9. The highest BCUT2D eigenvalue weighted by atomic mass is 35.5. The summed E-state index contributed by atoms with van der Waals surface area (Å²) in [4.78, 5) is 18.2. The molecular weight excluding hydrogens is 312 g/mol. The molecule has 5 nitrogen and oxygen atoms in total. The Kier molecular flexibility index (Phi) is 4.09. The lowest BCUT2D eigenvalue weighted by molar-refractivity contribution is 0.0690. The number of aromatic nitrogens is 2. The fraction of sp³-hybridized carbons (Fsp3) is 0. The van der Waals surface area contributed by atoms with Crippen molar-refractivity contribution in [2.75, 3.05) is 5.32 Å². The van der Waals surface area contributed by atoms with Crippen LogP contribution in [0.4, 0.5) is 11.5 Å². The highest BCUT2D eigenvalue weighted by molar-refractivity contribution is 6.44. The summed E-state index contributed by atoms with van der Waals surface area (Å²) >= 11 is 17.7. The molecule has 0 aliphatic rings. The van der Waals surface area contributed by atoms with Crippen LogP contribution in [0.2, 0.25) is 15.1 Å². The van der Waals surface area contributed by atoms with E-state index in [4.69, 9.17) is 39.9 Å². The molecule has 0 radical (unpaired) electrons. The molecule has 1 aromatic carbocycles. The number of anilines is 2. The van der Waals surface area contributed by atoms with Gasteiger partial charge in [0.1, 0.15) is 5.82 Å². The Labute approximate surface area is 123 Å². The third kappa shape index (κ3) is 3.26. The second-order valence-electron chi connectivity index (χ2n) is 3.46. The van der Waals surface area contributed by atoms with Gasteiger partial charge in [0.15, 0.2) is 5.69 Å². The highest BCUT2D eigenvalue weighted by Gasteiger charge is 2.08. The number of nitrogens with zero attached hydrogens (tertiary/aromatic N) is 2. The van der Waals surface area contributed by atoms with Gasteiger partial charge in [-0.15, -0.1) is 0 Å². The number of nitrogens with one attached hydrogen (secondary N) is 1. The Morgan fingerprint density at radius 1 is 1.05 bits per heavy atom. The standard InChI is InChI=1S/C11H6Cl3N3O2/c12-5-1-7(14)8(2-6(5)13)17-10-4-15-9(3-16-10)11(18)19/h1-4H,(H,16,17)(H,18,19). The maximum absolute atomic E-state index is 10.6. The minimum absolute atomic E-state index is 0.147. The van der Waals surface area contributed by atoms with E-state index in [9.17, 15) is 4.79 Å². The predicted molar refractivity (Wildman–Crippen MR) is 73.7 cm³/mol. The molecule has 0 atom stereocenters. The van der Waals surface area contributed by atoms with Gasteiger partial charge < -0.3 is 10.4 Å². The van der Waals surface area contributed by atoms with E-state index in [0.29, 0.717) is 26.6 Å². The van der Waals surface area contributed by atoms with Crippen molar-refractivity contribution in [3.05, 3.63) is 45.3 Å². The van der Waals surface area contributed by atoms with Crippen LogP contribution in [0.5, 0.6) is 0 Å². The van der Waals surface area contributed by atoms with Crippen LogP contribution in [-0.2, 0) is 0 Å². The van der Waals surface area contributed by atoms with Crippen molar-refractivity contribution in [1.29, 1.82) is 0 Å². The lowest BCUT2D eigenvalue weighted by Crippen LogP contribution is -2.02. The number of carboxylic acid groups (broad SMARTS) is 1. The van der Waals surface area contributed by atoms with Crippen molar-refractivity contribution in [2.24, 2.45) is 0 Å². The number of hydrogen-bond donors (Lipinski definition) is 2. The van der Waals surface area contributed by atoms with Gasteiger partial charge in [0.05, 0.1) is 33.1 Å². The number of carbonyl (C=O) groups is 1. The van der Waals surface area contributed by atoms with Crippen molar-refractivity contribution in [3.63, 3.8) is 0 Å². The van der Waals surface area contributed by atoms with Gasteiger partial charge in [0, 0.05) is 0 Å². The smallest absolute Gasteiger partial charge is 0.356 e. The van der Waals surface area contributed by atoms with Crippen molar-refractivity contribution in [3.8, 4) is 0 Å². The van der Waals surface area contributed by atoms with Crippen LogP contribution >= 0.6 is 34.8 Å². The topological polar surface area (TPSA) is 75.1 Å². The molecule has 0 amide bonds. The van der Waals surface area contributed by atoms with Gasteiger partial charge in [-0.05, 0) is 12.1 Å².